The average molecular weight is 191 g/mol. The minimum absolute atomic E-state index is 0.345. The summed E-state index contributed by atoms with van der Waals surface area (Å²) in [5.41, 5.74) is 9.09. The van der Waals surface area contributed by atoms with Crippen LogP contribution in [0, 0.1) is 12.8 Å². The van der Waals surface area contributed by atoms with Crippen LogP contribution in [0.3, 0.4) is 0 Å². The van der Waals surface area contributed by atoms with E-state index in [1.165, 1.54) is 0 Å². The van der Waals surface area contributed by atoms with Gasteiger partial charge in [-0.3, -0.25) is 4.79 Å². The van der Waals surface area contributed by atoms with Crippen LogP contribution in [0.4, 0.5) is 0 Å². The zero-order chi connectivity index (χ0) is 10.3. The minimum atomic E-state index is -0.800. The summed E-state index contributed by atoms with van der Waals surface area (Å²) < 4.78 is 0. The predicted molar refractivity (Wildman–Crippen MR) is 52.9 cm³/mol. The Hall–Kier alpha value is -1.35. The number of aliphatic carboxylic acids is 1. The molecular weight excluding hydrogens is 178 g/mol. The van der Waals surface area contributed by atoms with Gasteiger partial charge in [0.15, 0.2) is 0 Å². The van der Waals surface area contributed by atoms with E-state index in [9.17, 15) is 4.79 Å². The van der Waals surface area contributed by atoms with Gasteiger partial charge < -0.3 is 10.8 Å². The molecule has 2 atom stereocenters. The molecule has 0 radical (unpaired) electrons. The second-order valence-electron chi connectivity index (χ2n) is 3.88. The molecule has 1 aromatic carbocycles. The Kier molecular flexibility index (Phi) is 2.04. The average Bonchev–Trinajstić information content (AvgIpc) is 2.44. The van der Waals surface area contributed by atoms with Gasteiger partial charge in [0.25, 0.3) is 0 Å². The maximum absolute atomic E-state index is 10.9. The predicted octanol–water partition coefficient (Wildman–Crippen LogP) is 1.25. The number of carbonyl (C=O) groups is 1. The fraction of sp³-hybridized carbons (Fsp3) is 0.364. The van der Waals surface area contributed by atoms with Gasteiger partial charge in [0, 0.05) is 6.04 Å². The molecule has 14 heavy (non-hydrogen) atoms. The van der Waals surface area contributed by atoms with E-state index in [-0.39, 0.29) is 6.04 Å². The van der Waals surface area contributed by atoms with Crippen LogP contribution in [0.25, 0.3) is 0 Å². The summed E-state index contributed by atoms with van der Waals surface area (Å²) in [6.07, 6.45) is 0.562. The van der Waals surface area contributed by atoms with Crippen molar-refractivity contribution in [2.24, 2.45) is 11.7 Å². The van der Waals surface area contributed by atoms with E-state index < -0.39 is 11.9 Å². The molecule has 0 saturated heterocycles. The van der Waals surface area contributed by atoms with E-state index in [1.807, 2.05) is 25.1 Å². The molecule has 3 N–H and O–H groups in total. The molecule has 0 aliphatic heterocycles. The van der Waals surface area contributed by atoms with Crippen LogP contribution in [0.15, 0.2) is 18.2 Å². The van der Waals surface area contributed by atoms with Crippen LogP contribution in [0.5, 0.6) is 0 Å². The lowest BCUT2D eigenvalue weighted by atomic mass is 10.0. The third-order valence-electron chi connectivity index (χ3n) is 2.85. The molecule has 1 aliphatic carbocycles. The highest BCUT2D eigenvalue weighted by Gasteiger charge is 2.34. The number of aryl methyl sites for hydroxylation is 1. The van der Waals surface area contributed by atoms with E-state index in [2.05, 4.69) is 0 Å². The monoisotopic (exact) mass is 191 g/mol. The molecule has 2 rings (SSSR count). The SMILES string of the molecule is Cc1ccc2c(c1)[C@@H](N)[C@H](C(=O)O)C2. The van der Waals surface area contributed by atoms with Crippen LogP contribution in [0.2, 0.25) is 0 Å². The summed E-state index contributed by atoms with van der Waals surface area (Å²) in [6.45, 7) is 1.99. The summed E-state index contributed by atoms with van der Waals surface area (Å²) >= 11 is 0. The molecule has 0 aromatic heterocycles. The number of carboxylic acids is 1. The fourth-order valence-corrected chi connectivity index (χ4v) is 2.03. The molecule has 3 nitrogen and oxygen atoms in total. The van der Waals surface area contributed by atoms with Gasteiger partial charge in [-0.2, -0.15) is 0 Å². The first-order valence-electron chi connectivity index (χ1n) is 4.67. The first kappa shape index (κ1) is 9.21. The smallest absolute Gasteiger partial charge is 0.308 e. The molecule has 0 heterocycles. The fourth-order valence-electron chi connectivity index (χ4n) is 2.03. The van der Waals surface area contributed by atoms with Gasteiger partial charge in [-0.1, -0.05) is 23.8 Å². The van der Waals surface area contributed by atoms with E-state index in [0.29, 0.717) is 6.42 Å². The number of hydrogen-bond donors (Lipinski definition) is 2. The molecule has 1 aromatic rings. The highest BCUT2D eigenvalue weighted by Crippen LogP contribution is 2.34. The van der Waals surface area contributed by atoms with Crippen LogP contribution in [-0.2, 0) is 11.2 Å². The van der Waals surface area contributed by atoms with Crippen molar-refractivity contribution in [3.8, 4) is 0 Å². The summed E-state index contributed by atoms with van der Waals surface area (Å²) in [5, 5.41) is 8.95. The Morgan fingerprint density at radius 1 is 1.57 bits per heavy atom. The Balaban J connectivity index is 2.41. The van der Waals surface area contributed by atoms with Gasteiger partial charge in [-0.05, 0) is 24.5 Å². The van der Waals surface area contributed by atoms with Crippen LogP contribution in [0.1, 0.15) is 22.7 Å². The number of nitrogens with two attached hydrogens (primary N) is 1. The van der Waals surface area contributed by atoms with Crippen molar-refractivity contribution in [3.63, 3.8) is 0 Å². The topological polar surface area (TPSA) is 63.3 Å². The lowest BCUT2D eigenvalue weighted by Crippen LogP contribution is -2.24. The van der Waals surface area contributed by atoms with Crippen LogP contribution in [-0.4, -0.2) is 11.1 Å². The van der Waals surface area contributed by atoms with Crippen LogP contribution >= 0.6 is 0 Å². The van der Waals surface area contributed by atoms with Crippen molar-refractivity contribution in [3.05, 3.63) is 34.9 Å². The Bertz CT molecular complexity index is 387. The standard InChI is InChI=1S/C11H13NO2/c1-6-2-3-7-5-9(11(13)14)10(12)8(7)4-6/h2-4,9-10H,5,12H2,1H3,(H,13,14)/t9-,10-/m1/s1. The number of rotatable bonds is 1. The largest absolute Gasteiger partial charge is 0.481 e. The second kappa shape index (κ2) is 3.10. The highest BCUT2D eigenvalue weighted by molar-refractivity contribution is 5.73. The van der Waals surface area contributed by atoms with Gasteiger partial charge in [0.1, 0.15) is 0 Å². The molecule has 74 valence electrons. The van der Waals surface area contributed by atoms with Gasteiger partial charge in [-0.15, -0.1) is 0 Å². The lowest BCUT2D eigenvalue weighted by molar-refractivity contribution is -0.142. The summed E-state index contributed by atoms with van der Waals surface area (Å²) in [5.74, 6) is -1.25. The molecule has 0 amide bonds. The second-order valence-corrected chi connectivity index (χ2v) is 3.88. The van der Waals surface area contributed by atoms with Gasteiger partial charge in [0.2, 0.25) is 0 Å². The zero-order valence-corrected chi connectivity index (χ0v) is 8.03. The first-order valence-corrected chi connectivity index (χ1v) is 4.67. The van der Waals surface area contributed by atoms with Crippen molar-refractivity contribution < 1.29 is 9.90 Å². The number of hydrogen-bond acceptors (Lipinski definition) is 2. The normalized spacial score (nSPS) is 24.7. The molecule has 0 spiro atoms. The number of benzene rings is 1. The van der Waals surface area contributed by atoms with Gasteiger partial charge >= 0.3 is 5.97 Å². The zero-order valence-electron chi connectivity index (χ0n) is 8.03. The van der Waals surface area contributed by atoms with E-state index in [0.717, 1.165) is 16.7 Å². The number of carboxylic acid groups (broad SMARTS) is 1. The van der Waals surface area contributed by atoms with Crippen LogP contribution < -0.4 is 5.73 Å². The minimum Gasteiger partial charge on any atom is -0.481 e. The van der Waals surface area contributed by atoms with Gasteiger partial charge in [-0.25, -0.2) is 0 Å². The molecule has 1 aliphatic rings. The van der Waals surface area contributed by atoms with Crippen molar-refractivity contribution in [2.75, 3.05) is 0 Å². The lowest BCUT2D eigenvalue weighted by Gasteiger charge is -2.10. The maximum atomic E-state index is 10.9. The molecule has 0 bridgehead atoms. The summed E-state index contributed by atoms with van der Waals surface area (Å²) in [6, 6.07) is 5.62. The van der Waals surface area contributed by atoms with E-state index in [1.54, 1.807) is 0 Å². The molecular formula is C11H13NO2. The number of fused-ring (bicyclic) bond motifs is 1. The molecule has 0 saturated carbocycles. The highest BCUT2D eigenvalue weighted by atomic mass is 16.4. The maximum Gasteiger partial charge on any atom is 0.308 e. The van der Waals surface area contributed by atoms with E-state index >= 15 is 0 Å². The van der Waals surface area contributed by atoms with E-state index in [4.69, 9.17) is 10.8 Å². The Morgan fingerprint density at radius 2 is 2.29 bits per heavy atom. The molecule has 3 heteroatoms. The third kappa shape index (κ3) is 1.30. The first-order chi connectivity index (χ1) is 6.59. The third-order valence-corrected chi connectivity index (χ3v) is 2.85. The molecule has 0 unspecified atom stereocenters. The van der Waals surface area contributed by atoms with Crippen molar-refractivity contribution in [2.45, 2.75) is 19.4 Å². The summed E-state index contributed by atoms with van der Waals surface area (Å²) in [7, 11) is 0. The Morgan fingerprint density at radius 3 is 2.93 bits per heavy atom. The van der Waals surface area contributed by atoms with Crippen molar-refractivity contribution >= 4 is 5.97 Å². The van der Waals surface area contributed by atoms with Gasteiger partial charge in [0.05, 0.1) is 5.92 Å². The molecule has 0 fully saturated rings. The Labute approximate surface area is 82.5 Å². The van der Waals surface area contributed by atoms with Crippen molar-refractivity contribution in [1.29, 1.82) is 0 Å². The van der Waals surface area contributed by atoms with Crippen molar-refractivity contribution in [1.82, 2.24) is 0 Å². The quantitative estimate of drug-likeness (QED) is 0.702. The summed E-state index contributed by atoms with van der Waals surface area (Å²) in [4.78, 5) is 10.9.